The number of hydrogen-bond acceptors (Lipinski definition) is 7. The van der Waals surface area contributed by atoms with Gasteiger partial charge in [-0.2, -0.15) is 10.1 Å². The highest BCUT2D eigenvalue weighted by Gasteiger charge is 2.23. The first-order chi connectivity index (χ1) is 16.5. The molecule has 8 nitrogen and oxygen atoms in total. The minimum Gasteiger partial charge on any atom is -0.496 e. The molecular formula is C23H16ClF2N5O3. The maximum absolute atomic E-state index is 13.9. The van der Waals surface area contributed by atoms with E-state index in [4.69, 9.17) is 25.6 Å². The van der Waals surface area contributed by atoms with Crippen LogP contribution in [-0.2, 0) is 0 Å². The Hall–Kier alpha value is -4.05. The first kappa shape index (κ1) is 21.8. The molecule has 0 atom stereocenters. The molecule has 0 aliphatic heterocycles. The normalized spacial score (nSPS) is 11.4. The molecule has 0 aliphatic rings. The molecule has 0 saturated carbocycles. The second-order valence-electron chi connectivity index (χ2n) is 7.13. The summed E-state index contributed by atoms with van der Waals surface area (Å²) in [5.74, 6) is 1.25. The van der Waals surface area contributed by atoms with Crippen molar-refractivity contribution in [3.63, 3.8) is 0 Å². The van der Waals surface area contributed by atoms with E-state index >= 15 is 0 Å². The standard InChI is InChI=1S/C23H16ClF2N5O3/c1-32-18-6-4-3-5-13(18)16-10-17(20(25)26)31-22(28-16)15(11-27-31)23-29-21(30-34-23)14-9-12(24)7-8-19(14)33-2/h3-11,20H,1-2H3. The SMILES string of the molecule is COc1ccccc1-c1cc(C(F)F)n2ncc(-c3nc(-c4cc(Cl)ccc4OC)no3)c2n1. The van der Waals surface area contributed by atoms with Gasteiger partial charge in [-0.05, 0) is 36.4 Å². The van der Waals surface area contributed by atoms with Crippen molar-refractivity contribution in [2.24, 2.45) is 0 Å². The summed E-state index contributed by atoms with van der Waals surface area (Å²) in [6, 6.07) is 13.3. The summed E-state index contributed by atoms with van der Waals surface area (Å²) in [7, 11) is 3.01. The van der Waals surface area contributed by atoms with Gasteiger partial charge in [0.05, 0.1) is 31.7 Å². The average molecular weight is 484 g/mol. The number of rotatable bonds is 6. The summed E-state index contributed by atoms with van der Waals surface area (Å²) in [5.41, 5.74) is 1.44. The van der Waals surface area contributed by atoms with Gasteiger partial charge < -0.3 is 14.0 Å². The van der Waals surface area contributed by atoms with E-state index < -0.39 is 6.43 Å². The maximum Gasteiger partial charge on any atom is 0.280 e. The third-order valence-corrected chi connectivity index (χ3v) is 5.40. The number of aromatic nitrogens is 5. The van der Waals surface area contributed by atoms with Gasteiger partial charge in [-0.15, -0.1) is 0 Å². The fourth-order valence-corrected chi connectivity index (χ4v) is 3.76. The van der Waals surface area contributed by atoms with Gasteiger partial charge in [0.25, 0.3) is 12.3 Å². The Morgan fingerprint density at radius 1 is 0.941 bits per heavy atom. The summed E-state index contributed by atoms with van der Waals surface area (Å²) in [4.78, 5) is 8.99. The molecule has 0 N–H and O–H groups in total. The van der Waals surface area contributed by atoms with E-state index in [0.717, 1.165) is 4.52 Å². The molecule has 5 rings (SSSR count). The zero-order chi connectivity index (χ0) is 23.8. The maximum atomic E-state index is 13.9. The van der Waals surface area contributed by atoms with Gasteiger partial charge in [-0.1, -0.05) is 28.9 Å². The van der Waals surface area contributed by atoms with Crippen molar-refractivity contribution in [2.75, 3.05) is 14.2 Å². The van der Waals surface area contributed by atoms with Gasteiger partial charge in [0, 0.05) is 10.6 Å². The Balaban J connectivity index is 1.68. The molecular weight excluding hydrogens is 468 g/mol. The predicted molar refractivity (Wildman–Crippen MR) is 120 cm³/mol. The highest BCUT2D eigenvalue weighted by atomic mass is 35.5. The second kappa shape index (κ2) is 8.71. The lowest BCUT2D eigenvalue weighted by atomic mass is 10.1. The van der Waals surface area contributed by atoms with E-state index in [2.05, 4.69) is 20.2 Å². The Kier molecular flexibility index (Phi) is 5.58. The van der Waals surface area contributed by atoms with E-state index in [1.165, 1.54) is 26.5 Å². The molecule has 0 spiro atoms. The van der Waals surface area contributed by atoms with Crippen LogP contribution < -0.4 is 9.47 Å². The fourth-order valence-electron chi connectivity index (χ4n) is 3.58. The molecule has 0 aliphatic carbocycles. The van der Waals surface area contributed by atoms with E-state index in [-0.39, 0.29) is 23.1 Å². The number of para-hydroxylation sites is 1. The minimum absolute atomic E-state index is 0.0527. The molecule has 0 bridgehead atoms. The van der Waals surface area contributed by atoms with Crippen molar-refractivity contribution in [3.05, 3.63) is 65.4 Å². The van der Waals surface area contributed by atoms with Crippen molar-refractivity contribution in [3.8, 4) is 45.6 Å². The lowest BCUT2D eigenvalue weighted by Gasteiger charge is -2.11. The first-order valence-electron chi connectivity index (χ1n) is 9.98. The summed E-state index contributed by atoms with van der Waals surface area (Å²) < 4.78 is 45.1. The summed E-state index contributed by atoms with van der Waals surface area (Å²) >= 11 is 6.11. The van der Waals surface area contributed by atoms with Crippen molar-refractivity contribution in [1.29, 1.82) is 0 Å². The van der Waals surface area contributed by atoms with Gasteiger partial charge in [0.2, 0.25) is 5.82 Å². The topological polar surface area (TPSA) is 87.6 Å². The molecule has 172 valence electrons. The molecule has 11 heteroatoms. The molecule has 0 fully saturated rings. The van der Waals surface area contributed by atoms with Crippen molar-refractivity contribution >= 4 is 17.2 Å². The second-order valence-corrected chi connectivity index (χ2v) is 7.57. The van der Waals surface area contributed by atoms with Crippen molar-refractivity contribution < 1.29 is 22.8 Å². The molecule has 0 saturated heterocycles. The largest absolute Gasteiger partial charge is 0.496 e. The number of benzene rings is 2. The van der Waals surface area contributed by atoms with Crippen LogP contribution in [0.3, 0.4) is 0 Å². The highest BCUT2D eigenvalue weighted by molar-refractivity contribution is 6.30. The number of alkyl halides is 2. The smallest absolute Gasteiger partial charge is 0.280 e. The van der Waals surface area contributed by atoms with Gasteiger partial charge >= 0.3 is 0 Å². The fraction of sp³-hybridized carbons (Fsp3) is 0.130. The Morgan fingerprint density at radius 3 is 2.47 bits per heavy atom. The third-order valence-electron chi connectivity index (χ3n) is 5.16. The molecule has 5 aromatic rings. The van der Waals surface area contributed by atoms with Crippen LogP contribution in [0.1, 0.15) is 12.1 Å². The Bertz CT molecular complexity index is 1500. The molecule has 3 aromatic heterocycles. The van der Waals surface area contributed by atoms with Crippen LogP contribution in [0, 0.1) is 0 Å². The summed E-state index contributed by atoms with van der Waals surface area (Å²) in [5, 5.41) is 8.56. The van der Waals surface area contributed by atoms with Crippen LogP contribution in [0.4, 0.5) is 8.78 Å². The Morgan fingerprint density at radius 2 is 1.71 bits per heavy atom. The van der Waals surface area contributed by atoms with Crippen LogP contribution in [0.2, 0.25) is 5.02 Å². The van der Waals surface area contributed by atoms with Crippen LogP contribution in [0.5, 0.6) is 11.5 Å². The Labute approximate surface area is 196 Å². The van der Waals surface area contributed by atoms with Gasteiger partial charge in [0.1, 0.15) is 22.8 Å². The van der Waals surface area contributed by atoms with E-state index in [9.17, 15) is 8.78 Å². The number of halogens is 3. The van der Waals surface area contributed by atoms with Crippen LogP contribution >= 0.6 is 11.6 Å². The monoisotopic (exact) mass is 483 g/mol. The summed E-state index contributed by atoms with van der Waals surface area (Å²) in [6.45, 7) is 0. The zero-order valence-electron chi connectivity index (χ0n) is 17.9. The van der Waals surface area contributed by atoms with Crippen LogP contribution in [-0.4, -0.2) is 39.0 Å². The molecule has 0 unspecified atom stereocenters. The molecule has 34 heavy (non-hydrogen) atoms. The van der Waals surface area contributed by atoms with Gasteiger partial charge in [-0.25, -0.2) is 18.3 Å². The molecule has 3 heterocycles. The third kappa shape index (κ3) is 3.71. The number of fused-ring (bicyclic) bond motifs is 1. The lowest BCUT2D eigenvalue weighted by Crippen LogP contribution is -2.03. The number of ether oxygens (including phenoxy) is 2. The average Bonchev–Trinajstić information content (AvgIpc) is 3.50. The number of methoxy groups -OCH3 is 2. The first-order valence-corrected chi connectivity index (χ1v) is 10.4. The minimum atomic E-state index is -2.80. The predicted octanol–water partition coefficient (Wildman–Crippen LogP) is 5.72. The van der Waals surface area contributed by atoms with E-state index in [1.807, 2.05) is 0 Å². The summed E-state index contributed by atoms with van der Waals surface area (Å²) in [6.07, 6.45) is -1.45. The van der Waals surface area contributed by atoms with Crippen LogP contribution in [0.25, 0.3) is 39.7 Å². The highest BCUT2D eigenvalue weighted by Crippen LogP contribution is 2.35. The van der Waals surface area contributed by atoms with Gasteiger partial charge in [-0.3, -0.25) is 0 Å². The zero-order valence-corrected chi connectivity index (χ0v) is 18.6. The van der Waals surface area contributed by atoms with Crippen LogP contribution in [0.15, 0.2) is 59.3 Å². The molecule has 2 aromatic carbocycles. The number of hydrogen-bond donors (Lipinski definition) is 0. The lowest BCUT2D eigenvalue weighted by molar-refractivity contribution is 0.143. The quantitative estimate of drug-likeness (QED) is 0.305. The van der Waals surface area contributed by atoms with Crippen molar-refractivity contribution in [1.82, 2.24) is 24.7 Å². The van der Waals surface area contributed by atoms with E-state index in [1.54, 1.807) is 42.5 Å². The molecule has 0 amide bonds. The van der Waals surface area contributed by atoms with Gasteiger partial charge in [0.15, 0.2) is 5.65 Å². The van der Waals surface area contributed by atoms with E-state index in [0.29, 0.717) is 38.9 Å². The molecule has 0 radical (unpaired) electrons. The van der Waals surface area contributed by atoms with Crippen molar-refractivity contribution in [2.45, 2.75) is 6.43 Å². The number of nitrogens with zero attached hydrogens (tertiary/aromatic N) is 5.